The van der Waals surface area contributed by atoms with Gasteiger partial charge in [0.05, 0.1) is 13.2 Å². The molecule has 2 heterocycles. The van der Waals surface area contributed by atoms with Gasteiger partial charge in [-0.15, -0.1) is 0 Å². The van der Waals surface area contributed by atoms with Crippen molar-refractivity contribution in [2.75, 3.05) is 33.8 Å². The number of hydrogen-bond donors (Lipinski definition) is 1. The van der Waals surface area contributed by atoms with Crippen LogP contribution < -0.4 is 5.32 Å². The Balaban J connectivity index is 1.88. The monoisotopic (exact) mass is 294 g/mol. The zero-order valence-electron chi connectivity index (χ0n) is 13.4. The molecule has 1 aliphatic heterocycles. The maximum Gasteiger partial charge on any atom is 0.373 e. The lowest BCUT2D eigenvalue weighted by molar-refractivity contribution is 0.0561. The van der Waals surface area contributed by atoms with Gasteiger partial charge in [-0.3, -0.25) is 0 Å². The van der Waals surface area contributed by atoms with E-state index in [0.29, 0.717) is 5.41 Å². The molecule has 0 amide bonds. The highest BCUT2D eigenvalue weighted by Gasteiger charge is 2.29. The van der Waals surface area contributed by atoms with Crippen LogP contribution >= 0.6 is 0 Å². The molecule has 0 spiro atoms. The summed E-state index contributed by atoms with van der Waals surface area (Å²) >= 11 is 0. The highest BCUT2D eigenvalue weighted by atomic mass is 16.5. The molecular formula is C16H26N2O3. The normalized spacial score (nSPS) is 20.2. The van der Waals surface area contributed by atoms with Gasteiger partial charge in [0, 0.05) is 6.54 Å². The van der Waals surface area contributed by atoms with Crippen LogP contribution in [-0.4, -0.2) is 44.7 Å². The molecule has 0 aliphatic carbocycles. The molecule has 5 heteroatoms. The van der Waals surface area contributed by atoms with Crippen molar-refractivity contribution in [3.05, 3.63) is 23.7 Å². The fourth-order valence-electron chi connectivity index (χ4n) is 2.63. The second-order valence-electron chi connectivity index (χ2n) is 6.41. The lowest BCUT2D eigenvalue weighted by Crippen LogP contribution is -2.42. The van der Waals surface area contributed by atoms with E-state index in [4.69, 9.17) is 4.42 Å². The van der Waals surface area contributed by atoms with E-state index in [0.717, 1.165) is 25.4 Å². The Labute approximate surface area is 126 Å². The van der Waals surface area contributed by atoms with Crippen LogP contribution in [0.3, 0.4) is 0 Å². The first-order chi connectivity index (χ1) is 9.93. The first-order valence-electron chi connectivity index (χ1n) is 7.53. The number of nitrogens with one attached hydrogen (secondary N) is 1. The maximum atomic E-state index is 11.4. The summed E-state index contributed by atoms with van der Waals surface area (Å²) in [6.45, 7) is 7.65. The molecule has 1 fully saturated rings. The zero-order chi connectivity index (χ0) is 15.5. The van der Waals surface area contributed by atoms with E-state index in [9.17, 15) is 4.79 Å². The third-order valence-electron chi connectivity index (χ3n) is 4.47. The van der Waals surface area contributed by atoms with Crippen molar-refractivity contribution in [2.24, 2.45) is 5.41 Å². The number of nitrogens with zero attached hydrogens (tertiary/aromatic N) is 1. The number of piperidine rings is 1. The number of carbonyl (C=O) groups is 1. The minimum Gasteiger partial charge on any atom is -0.463 e. The molecule has 1 unspecified atom stereocenters. The highest BCUT2D eigenvalue weighted by molar-refractivity contribution is 5.86. The Morgan fingerprint density at radius 3 is 2.76 bits per heavy atom. The van der Waals surface area contributed by atoms with Crippen LogP contribution in [0.5, 0.6) is 0 Å². The molecule has 1 aliphatic rings. The fraction of sp³-hybridized carbons (Fsp3) is 0.688. The van der Waals surface area contributed by atoms with Crippen molar-refractivity contribution >= 4 is 5.97 Å². The van der Waals surface area contributed by atoms with Crippen LogP contribution in [0, 0.1) is 5.41 Å². The minimum atomic E-state index is -0.435. The summed E-state index contributed by atoms with van der Waals surface area (Å²) in [5, 5.41) is 3.53. The summed E-state index contributed by atoms with van der Waals surface area (Å²) in [5.41, 5.74) is 0.332. The summed E-state index contributed by atoms with van der Waals surface area (Å²) < 4.78 is 10.2. The Morgan fingerprint density at radius 1 is 1.48 bits per heavy atom. The molecule has 0 radical (unpaired) electrons. The van der Waals surface area contributed by atoms with Crippen molar-refractivity contribution < 1.29 is 13.9 Å². The van der Waals surface area contributed by atoms with Crippen LogP contribution in [0.2, 0.25) is 0 Å². The van der Waals surface area contributed by atoms with E-state index in [-0.39, 0.29) is 11.8 Å². The van der Waals surface area contributed by atoms with Gasteiger partial charge >= 0.3 is 5.97 Å². The molecule has 1 aromatic heterocycles. The Hall–Kier alpha value is -1.33. The van der Waals surface area contributed by atoms with Crippen LogP contribution in [-0.2, 0) is 4.74 Å². The molecule has 1 aromatic rings. The number of methoxy groups -OCH3 is 1. The predicted molar refractivity (Wildman–Crippen MR) is 81.3 cm³/mol. The van der Waals surface area contributed by atoms with Gasteiger partial charge in [0.15, 0.2) is 0 Å². The number of rotatable bonds is 5. The van der Waals surface area contributed by atoms with Gasteiger partial charge in [-0.2, -0.15) is 0 Å². The standard InChI is InChI=1S/C16H26N2O3/c1-12(13-5-6-14(21-13)15(19)20-4)17-11-16(2)7-9-18(3)10-8-16/h5-6,12,17H,7-11H2,1-4H3. The Kier molecular flexibility index (Phi) is 5.06. The van der Waals surface area contributed by atoms with Gasteiger partial charge in [-0.05, 0) is 57.5 Å². The van der Waals surface area contributed by atoms with Crippen LogP contribution in [0.4, 0.5) is 0 Å². The predicted octanol–water partition coefficient (Wildman–Crippen LogP) is 2.45. The first kappa shape index (κ1) is 16.0. The van der Waals surface area contributed by atoms with Crippen LogP contribution in [0.25, 0.3) is 0 Å². The van der Waals surface area contributed by atoms with Gasteiger partial charge in [0.1, 0.15) is 5.76 Å². The molecule has 0 bridgehead atoms. The molecular weight excluding hydrogens is 268 g/mol. The smallest absolute Gasteiger partial charge is 0.373 e. The fourth-order valence-corrected chi connectivity index (χ4v) is 2.63. The Morgan fingerprint density at radius 2 is 2.14 bits per heavy atom. The SMILES string of the molecule is COC(=O)c1ccc(C(C)NCC2(C)CCN(C)CC2)o1. The van der Waals surface area contributed by atoms with Crippen molar-refractivity contribution in [3.63, 3.8) is 0 Å². The molecule has 2 rings (SSSR count). The van der Waals surface area contributed by atoms with Gasteiger partial charge in [0.2, 0.25) is 5.76 Å². The van der Waals surface area contributed by atoms with E-state index in [1.54, 1.807) is 6.07 Å². The van der Waals surface area contributed by atoms with Crippen LogP contribution in [0.1, 0.15) is 49.0 Å². The molecule has 21 heavy (non-hydrogen) atoms. The van der Waals surface area contributed by atoms with Crippen LogP contribution in [0.15, 0.2) is 16.5 Å². The number of furan rings is 1. The average molecular weight is 294 g/mol. The summed E-state index contributed by atoms with van der Waals surface area (Å²) in [4.78, 5) is 13.8. The summed E-state index contributed by atoms with van der Waals surface area (Å²) in [7, 11) is 3.53. The second kappa shape index (κ2) is 6.62. The summed E-state index contributed by atoms with van der Waals surface area (Å²) in [5.74, 6) is 0.592. The number of hydrogen-bond acceptors (Lipinski definition) is 5. The van der Waals surface area contributed by atoms with E-state index in [2.05, 4.69) is 35.8 Å². The number of carbonyl (C=O) groups excluding carboxylic acids is 1. The van der Waals surface area contributed by atoms with Crippen molar-refractivity contribution in [1.82, 2.24) is 10.2 Å². The van der Waals surface area contributed by atoms with E-state index in [1.165, 1.54) is 20.0 Å². The zero-order valence-corrected chi connectivity index (χ0v) is 13.4. The third-order valence-corrected chi connectivity index (χ3v) is 4.47. The summed E-state index contributed by atoms with van der Waals surface area (Å²) in [6, 6.07) is 3.58. The van der Waals surface area contributed by atoms with E-state index < -0.39 is 5.97 Å². The Bertz CT molecular complexity index is 476. The molecule has 1 saturated heterocycles. The second-order valence-corrected chi connectivity index (χ2v) is 6.41. The number of esters is 1. The molecule has 5 nitrogen and oxygen atoms in total. The first-order valence-corrected chi connectivity index (χ1v) is 7.53. The van der Waals surface area contributed by atoms with E-state index in [1.807, 2.05) is 6.07 Å². The van der Waals surface area contributed by atoms with Gasteiger partial charge in [-0.1, -0.05) is 6.92 Å². The minimum absolute atomic E-state index is 0.0832. The molecule has 1 N–H and O–H groups in total. The molecule has 118 valence electrons. The summed E-state index contributed by atoms with van der Waals surface area (Å²) in [6.07, 6.45) is 2.41. The topological polar surface area (TPSA) is 54.7 Å². The lowest BCUT2D eigenvalue weighted by Gasteiger charge is -2.38. The quantitative estimate of drug-likeness (QED) is 0.845. The highest BCUT2D eigenvalue weighted by Crippen LogP contribution is 2.30. The lowest BCUT2D eigenvalue weighted by atomic mass is 9.80. The molecule has 1 atom stereocenters. The van der Waals surface area contributed by atoms with Gasteiger partial charge in [-0.25, -0.2) is 4.79 Å². The number of likely N-dealkylation sites (tertiary alicyclic amines) is 1. The maximum absolute atomic E-state index is 11.4. The number of ether oxygens (including phenoxy) is 1. The van der Waals surface area contributed by atoms with Gasteiger partial charge < -0.3 is 19.4 Å². The third kappa shape index (κ3) is 4.08. The van der Waals surface area contributed by atoms with E-state index >= 15 is 0 Å². The van der Waals surface area contributed by atoms with Crippen molar-refractivity contribution in [3.8, 4) is 0 Å². The largest absolute Gasteiger partial charge is 0.463 e. The average Bonchev–Trinajstić information content (AvgIpc) is 2.97. The van der Waals surface area contributed by atoms with Crippen molar-refractivity contribution in [2.45, 2.75) is 32.7 Å². The molecule has 0 saturated carbocycles. The van der Waals surface area contributed by atoms with Crippen molar-refractivity contribution in [1.29, 1.82) is 0 Å². The molecule has 0 aromatic carbocycles. The van der Waals surface area contributed by atoms with Gasteiger partial charge in [0.25, 0.3) is 0 Å².